The van der Waals surface area contributed by atoms with E-state index in [1.165, 1.54) is 24.8 Å². The summed E-state index contributed by atoms with van der Waals surface area (Å²) in [6.07, 6.45) is 6.29. The van der Waals surface area contributed by atoms with Crippen molar-refractivity contribution in [1.29, 1.82) is 5.26 Å². The van der Waals surface area contributed by atoms with Crippen molar-refractivity contribution in [3.63, 3.8) is 0 Å². The van der Waals surface area contributed by atoms with E-state index in [9.17, 15) is 0 Å². The summed E-state index contributed by atoms with van der Waals surface area (Å²) >= 11 is 13.3. The fourth-order valence-electron chi connectivity index (χ4n) is 1.59. The van der Waals surface area contributed by atoms with Crippen molar-refractivity contribution in [2.45, 2.75) is 38.5 Å². The molecule has 1 aliphatic heterocycles. The van der Waals surface area contributed by atoms with Crippen LogP contribution in [0.25, 0.3) is 0 Å². The third-order valence-corrected chi connectivity index (χ3v) is 4.57. The first-order valence-corrected chi connectivity index (χ1v) is 7.26. The number of allylic oxidation sites excluding steroid dienone is 1. The second-order valence-electron chi connectivity index (χ2n) is 3.90. The third-order valence-electron chi connectivity index (χ3n) is 2.57. The highest BCUT2D eigenvalue weighted by Gasteiger charge is 2.23. The van der Waals surface area contributed by atoms with Crippen LogP contribution in [0.15, 0.2) is 21.7 Å². The van der Waals surface area contributed by atoms with Gasteiger partial charge in [-0.15, -0.1) is 0 Å². The molecule has 0 unspecified atom stereocenters. The smallest absolute Gasteiger partial charge is 0.115 e. The van der Waals surface area contributed by atoms with Crippen LogP contribution >= 0.6 is 35.1 Å². The maximum Gasteiger partial charge on any atom is 0.115 e. The van der Waals surface area contributed by atoms with Gasteiger partial charge < -0.3 is 4.31 Å². The molecule has 2 nitrogen and oxygen atoms in total. The molecule has 0 fully saturated rings. The molecule has 0 aliphatic carbocycles. The number of unbranched alkanes of at least 4 members (excludes halogenated alkanes) is 5. The van der Waals surface area contributed by atoms with Crippen LogP contribution in [-0.2, 0) is 0 Å². The maximum atomic E-state index is 8.39. The molecule has 1 heterocycles. The quantitative estimate of drug-likeness (QED) is 0.489. The summed E-state index contributed by atoms with van der Waals surface area (Å²) in [6, 6.07) is 2.16. The standard InChI is InChI=1S/C12H16Cl2N2S/c1-10-11(13)12(14)17-16(10)9-7-5-3-2-4-6-8-15/h1-7,9H2. The predicted octanol–water partition coefficient (Wildman–Crippen LogP) is 4.97. The minimum Gasteiger partial charge on any atom is -0.310 e. The van der Waals surface area contributed by atoms with Gasteiger partial charge in [-0.3, -0.25) is 0 Å². The van der Waals surface area contributed by atoms with Gasteiger partial charge in [0.2, 0.25) is 0 Å². The molecule has 94 valence electrons. The van der Waals surface area contributed by atoms with Crippen molar-refractivity contribution in [2.75, 3.05) is 6.54 Å². The van der Waals surface area contributed by atoms with Gasteiger partial charge in [-0.25, -0.2) is 0 Å². The minimum atomic E-state index is 0.575. The molecule has 0 radical (unpaired) electrons. The summed E-state index contributed by atoms with van der Waals surface area (Å²) in [4.78, 5) is 0. The summed E-state index contributed by atoms with van der Waals surface area (Å²) in [5.74, 6) is 0. The Hall–Kier alpha value is -0.300. The van der Waals surface area contributed by atoms with Crippen LogP contribution in [0.5, 0.6) is 0 Å². The van der Waals surface area contributed by atoms with Crippen LogP contribution < -0.4 is 0 Å². The van der Waals surface area contributed by atoms with Gasteiger partial charge in [0, 0.05) is 24.9 Å². The fraction of sp³-hybridized carbons (Fsp3) is 0.583. The van der Waals surface area contributed by atoms with E-state index in [-0.39, 0.29) is 0 Å². The first-order chi connectivity index (χ1) is 8.16. The predicted molar refractivity (Wildman–Crippen MR) is 75.5 cm³/mol. The molecule has 0 saturated carbocycles. The highest BCUT2D eigenvalue weighted by Crippen LogP contribution is 2.43. The van der Waals surface area contributed by atoms with Crippen LogP contribution in [0.2, 0.25) is 0 Å². The summed E-state index contributed by atoms with van der Waals surface area (Å²) in [7, 11) is 0. The van der Waals surface area contributed by atoms with E-state index < -0.39 is 0 Å². The van der Waals surface area contributed by atoms with E-state index in [1.54, 1.807) is 0 Å². The van der Waals surface area contributed by atoms with E-state index in [4.69, 9.17) is 28.5 Å². The van der Waals surface area contributed by atoms with Crippen molar-refractivity contribution in [2.24, 2.45) is 0 Å². The lowest BCUT2D eigenvalue weighted by molar-refractivity contribution is 0.527. The Kier molecular flexibility index (Phi) is 6.87. The van der Waals surface area contributed by atoms with Crippen LogP contribution in [-0.4, -0.2) is 10.8 Å². The second-order valence-corrected chi connectivity index (χ2v) is 5.92. The van der Waals surface area contributed by atoms with E-state index in [0.717, 1.165) is 31.5 Å². The molecule has 0 N–H and O–H groups in total. The molecule has 0 bridgehead atoms. The normalized spacial score (nSPS) is 15.6. The lowest BCUT2D eigenvalue weighted by atomic mass is 10.1. The Morgan fingerprint density at radius 2 is 1.82 bits per heavy atom. The van der Waals surface area contributed by atoms with Crippen LogP contribution in [0, 0.1) is 11.3 Å². The maximum absolute atomic E-state index is 8.39. The molecule has 0 aromatic heterocycles. The van der Waals surface area contributed by atoms with Gasteiger partial charge in [0.05, 0.1) is 16.8 Å². The number of nitrogens with zero attached hydrogens (tertiary/aromatic N) is 2. The lowest BCUT2D eigenvalue weighted by Crippen LogP contribution is -2.11. The van der Waals surface area contributed by atoms with E-state index >= 15 is 0 Å². The van der Waals surface area contributed by atoms with Gasteiger partial charge in [0.25, 0.3) is 0 Å². The van der Waals surface area contributed by atoms with Crippen molar-refractivity contribution in [3.05, 3.63) is 21.7 Å². The van der Waals surface area contributed by atoms with Gasteiger partial charge in [-0.1, -0.05) is 49.0 Å². The zero-order chi connectivity index (χ0) is 12.7. The second kappa shape index (κ2) is 7.92. The summed E-state index contributed by atoms with van der Waals surface area (Å²) in [5.41, 5.74) is 0.811. The van der Waals surface area contributed by atoms with Crippen molar-refractivity contribution < 1.29 is 0 Å². The van der Waals surface area contributed by atoms with Crippen molar-refractivity contribution >= 4 is 35.1 Å². The number of hydrogen-bond donors (Lipinski definition) is 0. The van der Waals surface area contributed by atoms with Crippen LogP contribution in [0.4, 0.5) is 0 Å². The Morgan fingerprint density at radius 1 is 1.18 bits per heavy atom. The summed E-state index contributed by atoms with van der Waals surface area (Å²) in [5, 5.41) is 8.97. The number of rotatable bonds is 7. The van der Waals surface area contributed by atoms with Crippen LogP contribution in [0.3, 0.4) is 0 Å². The first kappa shape index (κ1) is 14.8. The molecule has 5 heteroatoms. The molecular weight excluding hydrogens is 275 g/mol. The SMILES string of the molecule is C=C1C(Cl)=C(Cl)SN1CCCCCCCC#N. The van der Waals surface area contributed by atoms with E-state index in [1.807, 2.05) is 4.31 Å². The molecule has 1 rings (SSSR count). The fourth-order valence-corrected chi connectivity index (χ4v) is 3.01. The van der Waals surface area contributed by atoms with Crippen molar-refractivity contribution in [1.82, 2.24) is 4.31 Å². The molecular formula is C12H16Cl2N2S. The van der Waals surface area contributed by atoms with Gasteiger partial charge in [-0.05, 0) is 12.8 Å². The highest BCUT2D eigenvalue weighted by molar-refractivity contribution is 8.02. The lowest BCUT2D eigenvalue weighted by Gasteiger charge is -2.17. The molecule has 0 aromatic carbocycles. The largest absolute Gasteiger partial charge is 0.310 e. The van der Waals surface area contributed by atoms with Gasteiger partial charge in [0.15, 0.2) is 0 Å². The van der Waals surface area contributed by atoms with Gasteiger partial charge in [-0.2, -0.15) is 5.26 Å². The van der Waals surface area contributed by atoms with E-state index in [2.05, 4.69) is 12.6 Å². The number of hydrogen-bond acceptors (Lipinski definition) is 3. The average Bonchev–Trinajstić information content (AvgIpc) is 2.56. The topological polar surface area (TPSA) is 27.0 Å². The molecule has 0 aromatic rings. The van der Waals surface area contributed by atoms with Crippen molar-refractivity contribution in [3.8, 4) is 6.07 Å². The van der Waals surface area contributed by atoms with Gasteiger partial charge >= 0.3 is 0 Å². The zero-order valence-corrected chi connectivity index (χ0v) is 12.0. The highest BCUT2D eigenvalue weighted by atomic mass is 35.5. The molecule has 0 amide bonds. The first-order valence-electron chi connectivity index (χ1n) is 5.74. The monoisotopic (exact) mass is 290 g/mol. The Morgan fingerprint density at radius 3 is 2.41 bits per heavy atom. The zero-order valence-electron chi connectivity index (χ0n) is 9.72. The Balaban J connectivity index is 2.06. The average molecular weight is 291 g/mol. The van der Waals surface area contributed by atoms with Crippen LogP contribution in [0.1, 0.15) is 38.5 Å². The summed E-state index contributed by atoms with van der Waals surface area (Å²) < 4.78 is 2.66. The minimum absolute atomic E-state index is 0.575. The third kappa shape index (κ3) is 4.83. The van der Waals surface area contributed by atoms with Gasteiger partial charge in [0.1, 0.15) is 4.36 Å². The molecule has 0 spiro atoms. The number of nitriles is 1. The molecule has 1 aliphatic rings. The molecule has 17 heavy (non-hydrogen) atoms. The summed E-state index contributed by atoms with van der Waals surface area (Å²) in [6.45, 7) is 4.83. The molecule has 0 saturated heterocycles. The van der Waals surface area contributed by atoms with E-state index in [0.29, 0.717) is 15.8 Å². The molecule has 0 atom stereocenters. The Bertz CT molecular complexity index is 347. The Labute approximate surface area is 117 Å². The number of halogens is 2.